The van der Waals surface area contributed by atoms with E-state index in [-0.39, 0.29) is 0 Å². The van der Waals surface area contributed by atoms with Crippen molar-refractivity contribution >= 4 is 0 Å². The average Bonchev–Trinajstić information content (AvgIpc) is 2.81. The SMILES string of the molecule is CCC1CCCCCN1C(C)CNCC1CCCO1. The van der Waals surface area contributed by atoms with E-state index in [4.69, 9.17) is 4.74 Å². The lowest BCUT2D eigenvalue weighted by atomic mass is 10.1. The third-order valence-corrected chi connectivity index (χ3v) is 4.80. The van der Waals surface area contributed by atoms with Gasteiger partial charge in [-0.2, -0.15) is 0 Å². The number of nitrogens with one attached hydrogen (secondary N) is 1. The van der Waals surface area contributed by atoms with Crippen LogP contribution in [-0.4, -0.2) is 49.3 Å². The van der Waals surface area contributed by atoms with Crippen LogP contribution in [0.25, 0.3) is 0 Å². The standard InChI is InChI=1S/C16H32N2O/c1-3-15-8-5-4-6-10-18(15)14(2)12-17-13-16-9-7-11-19-16/h14-17H,3-13H2,1-2H3. The summed E-state index contributed by atoms with van der Waals surface area (Å²) in [5, 5.41) is 3.62. The van der Waals surface area contributed by atoms with Gasteiger partial charge in [-0.1, -0.05) is 19.8 Å². The second kappa shape index (κ2) is 8.23. The first-order chi connectivity index (χ1) is 9.31. The number of rotatable bonds is 6. The fourth-order valence-electron chi connectivity index (χ4n) is 3.59. The normalized spacial score (nSPS) is 31.3. The molecule has 112 valence electrons. The maximum atomic E-state index is 5.67. The third kappa shape index (κ3) is 4.73. The van der Waals surface area contributed by atoms with Gasteiger partial charge in [0, 0.05) is 31.8 Å². The fraction of sp³-hybridized carbons (Fsp3) is 1.00. The summed E-state index contributed by atoms with van der Waals surface area (Å²) in [6.07, 6.45) is 9.87. The molecule has 3 unspecified atom stereocenters. The second-order valence-corrected chi connectivity index (χ2v) is 6.29. The molecule has 0 amide bonds. The van der Waals surface area contributed by atoms with Crippen LogP contribution in [0.4, 0.5) is 0 Å². The smallest absolute Gasteiger partial charge is 0.0700 e. The van der Waals surface area contributed by atoms with E-state index in [9.17, 15) is 0 Å². The van der Waals surface area contributed by atoms with E-state index < -0.39 is 0 Å². The molecule has 0 spiro atoms. The van der Waals surface area contributed by atoms with E-state index in [1.165, 1.54) is 51.5 Å². The number of hydrogen-bond acceptors (Lipinski definition) is 3. The van der Waals surface area contributed by atoms with E-state index in [0.29, 0.717) is 12.1 Å². The monoisotopic (exact) mass is 268 g/mol. The van der Waals surface area contributed by atoms with Gasteiger partial charge in [0.25, 0.3) is 0 Å². The van der Waals surface area contributed by atoms with Crippen LogP contribution in [0.3, 0.4) is 0 Å². The zero-order valence-electron chi connectivity index (χ0n) is 12.9. The Morgan fingerprint density at radius 3 is 2.84 bits per heavy atom. The van der Waals surface area contributed by atoms with Gasteiger partial charge in [-0.25, -0.2) is 0 Å². The largest absolute Gasteiger partial charge is 0.377 e. The summed E-state index contributed by atoms with van der Waals surface area (Å²) in [6, 6.07) is 1.46. The molecule has 2 fully saturated rings. The van der Waals surface area contributed by atoms with Gasteiger partial charge >= 0.3 is 0 Å². The van der Waals surface area contributed by atoms with E-state index >= 15 is 0 Å². The molecule has 0 aromatic heterocycles. The molecular formula is C16H32N2O. The molecule has 0 radical (unpaired) electrons. The second-order valence-electron chi connectivity index (χ2n) is 6.29. The molecule has 0 aromatic carbocycles. The Morgan fingerprint density at radius 1 is 1.21 bits per heavy atom. The van der Waals surface area contributed by atoms with Crippen LogP contribution in [0.1, 0.15) is 58.8 Å². The topological polar surface area (TPSA) is 24.5 Å². The molecule has 2 rings (SSSR count). The highest BCUT2D eigenvalue weighted by atomic mass is 16.5. The first-order valence-electron chi connectivity index (χ1n) is 8.39. The molecule has 0 saturated carbocycles. The molecule has 3 nitrogen and oxygen atoms in total. The van der Waals surface area contributed by atoms with Crippen LogP contribution in [0.15, 0.2) is 0 Å². The van der Waals surface area contributed by atoms with Crippen LogP contribution in [-0.2, 0) is 4.74 Å². The van der Waals surface area contributed by atoms with Crippen molar-refractivity contribution in [2.45, 2.75) is 77.0 Å². The highest BCUT2D eigenvalue weighted by Gasteiger charge is 2.24. The zero-order valence-corrected chi connectivity index (χ0v) is 12.9. The van der Waals surface area contributed by atoms with Crippen molar-refractivity contribution in [3.63, 3.8) is 0 Å². The van der Waals surface area contributed by atoms with Crippen molar-refractivity contribution in [2.24, 2.45) is 0 Å². The maximum Gasteiger partial charge on any atom is 0.0700 e. The third-order valence-electron chi connectivity index (χ3n) is 4.80. The molecule has 2 saturated heterocycles. The fourth-order valence-corrected chi connectivity index (χ4v) is 3.59. The first kappa shape index (κ1) is 15.3. The Morgan fingerprint density at radius 2 is 2.11 bits per heavy atom. The van der Waals surface area contributed by atoms with Gasteiger partial charge in [-0.15, -0.1) is 0 Å². The Kier molecular flexibility index (Phi) is 6.62. The van der Waals surface area contributed by atoms with Gasteiger partial charge in [-0.05, 0) is 45.6 Å². The van der Waals surface area contributed by atoms with E-state index in [0.717, 1.165) is 25.7 Å². The summed E-state index contributed by atoms with van der Waals surface area (Å²) < 4.78 is 5.67. The van der Waals surface area contributed by atoms with Crippen molar-refractivity contribution in [2.75, 3.05) is 26.2 Å². The van der Waals surface area contributed by atoms with Gasteiger partial charge < -0.3 is 10.1 Å². The molecule has 0 bridgehead atoms. The van der Waals surface area contributed by atoms with Gasteiger partial charge in [0.1, 0.15) is 0 Å². The van der Waals surface area contributed by atoms with Gasteiger partial charge in [-0.3, -0.25) is 4.90 Å². The molecule has 2 aliphatic heterocycles. The lowest BCUT2D eigenvalue weighted by Crippen LogP contribution is -2.46. The van der Waals surface area contributed by atoms with E-state index in [1.807, 2.05) is 0 Å². The minimum Gasteiger partial charge on any atom is -0.377 e. The Bertz CT molecular complexity index is 241. The van der Waals surface area contributed by atoms with Crippen molar-refractivity contribution in [3.8, 4) is 0 Å². The first-order valence-corrected chi connectivity index (χ1v) is 8.39. The minimum atomic E-state index is 0.471. The summed E-state index contributed by atoms with van der Waals surface area (Å²) in [7, 11) is 0. The highest BCUT2D eigenvalue weighted by Crippen LogP contribution is 2.21. The minimum absolute atomic E-state index is 0.471. The summed E-state index contributed by atoms with van der Waals surface area (Å²) in [6.45, 7) is 9.13. The average molecular weight is 268 g/mol. The number of ether oxygens (including phenoxy) is 1. The number of hydrogen-bond donors (Lipinski definition) is 1. The van der Waals surface area contributed by atoms with E-state index in [2.05, 4.69) is 24.1 Å². The molecule has 19 heavy (non-hydrogen) atoms. The zero-order chi connectivity index (χ0) is 13.5. The Labute approximate surface area is 119 Å². The quantitative estimate of drug-likeness (QED) is 0.801. The van der Waals surface area contributed by atoms with E-state index in [1.54, 1.807) is 0 Å². The van der Waals surface area contributed by atoms with Crippen molar-refractivity contribution in [3.05, 3.63) is 0 Å². The summed E-state index contributed by atoms with van der Waals surface area (Å²) >= 11 is 0. The van der Waals surface area contributed by atoms with Gasteiger partial charge in [0.15, 0.2) is 0 Å². The molecule has 3 heteroatoms. The molecule has 0 aliphatic carbocycles. The van der Waals surface area contributed by atoms with Crippen LogP contribution in [0.2, 0.25) is 0 Å². The summed E-state index contributed by atoms with van der Waals surface area (Å²) in [5.41, 5.74) is 0. The number of nitrogens with zero attached hydrogens (tertiary/aromatic N) is 1. The Hall–Kier alpha value is -0.120. The van der Waals surface area contributed by atoms with Crippen molar-refractivity contribution < 1.29 is 4.74 Å². The summed E-state index contributed by atoms with van der Waals surface area (Å²) in [4.78, 5) is 2.75. The predicted molar refractivity (Wildman–Crippen MR) is 80.6 cm³/mol. The molecule has 0 aromatic rings. The number of likely N-dealkylation sites (tertiary alicyclic amines) is 1. The Balaban J connectivity index is 1.71. The van der Waals surface area contributed by atoms with Crippen LogP contribution in [0, 0.1) is 0 Å². The highest BCUT2D eigenvalue weighted by molar-refractivity contribution is 4.80. The molecule has 2 aliphatic rings. The van der Waals surface area contributed by atoms with Crippen LogP contribution in [0.5, 0.6) is 0 Å². The summed E-state index contributed by atoms with van der Waals surface area (Å²) in [5.74, 6) is 0. The van der Waals surface area contributed by atoms with Crippen molar-refractivity contribution in [1.82, 2.24) is 10.2 Å². The van der Waals surface area contributed by atoms with Gasteiger partial charge in [0.2, 0.25) is 0 Å². The molecule has 2 heterocycles. The van der Waals surface area contributed by atoms with Crippen molar-refractivity contribution in [1.29, 1.82) is 0 Å². The van der Waals surface area contributed by atoms with Crippen LogP contribution < -0.4 is 5.32 Å². The lowest BCUT2D eigenvalue weighted by Gasteiger charge is -2.35. The maximum absolute atomic E-state index is 5.67. The molecular weight excluding hydrogens is 236 g/mol. The molecule has 1 N–H and O–H groups in total. The van der Waals surface area contributed by atoms with Crippen LogP contribution >= 0.6 is 0 Å². The lowest BCUT2D eigenvalue weighted by molar-refractivity contribution is 0.102. The molecule has 3 atom stereocenters. The predicted octanol–water partition coefficient (Wildman–Crippen LogP) is 2.80. The van der Waals surface area contributed by atoms with Gasteiger partial charge in [0.05, 0.1) is 6.10 Å².